The van der Waals surface area contributed by atoms with Gasteiger partial charge in [0.15, 0.2) is 11.5 Å². The molecule has 0 saturated carbocycles. The van der Waals surface area contributed by atoms with Gasteiger partial charge in [-0.3, -0.25) is 10.1 Å². The van der Waals surface area contributed by atoms with Crippen molar-refractivity contribution in [3.8, 4) is 17.2 Å². The Bertz CT molecular complexity index is 1590. The monoisotopic (exact) mass is 748 g/mol. The standard InChI is InChI=1S/C31H30Cl6N4O5/c1-29(2)20-9-5-6-10-21(20)41(3)24(29)17-25(42)39-26(30(32,33)34)45-22-11-7-8-12-23(22)46-27(31(35,36)37)40-28(43)38-18-13-15-19(44-4)16-14-18/h5-17,26-27H,1-4H3,(H,39,42)(H2,38,40,43)/b24-17-/t26-,27+/m0/s1. The maximum atomic E-state index is 13.3. The zero-order valence-corrected chi connectivity index (χ0v) is 29.5. The number of fused-ring (bicyclic) bond motifs is 1. The molecule has 0 unspecified atom stereocenters. The number of benzene rings is 3. The number of ether oxygens (including phenoxy) is 3. The Kier molecular flexibility index (Phi) is 11.3. The summed E-state index contributed by atoms with van der Waals surface area (Å²) in [5.74, 6) is 0.0384. The van der Waals surface area contributed by atoms with Crippen LogP contribution in [0.3, 0.4) is 0 Å². The van der Waals surface area contributed by atoms with E-state index in [9.17, 15) is 9.59 Å². The van der Waals surface area contributed by atoms with Crippen LogP contribution in [0.1, 0.15) is 19.4 Å². The van der Waals surface area contributed by atoms with Crippen molar-refractivity contribution < 1.29 is 23.8 Å². The number of urea groups is 1. The van der Waals surface area contributed by atoms with Crippen LogP contribution in [-0.4, -0.2) is 46.1 Å². The smallest absolute Gasteiger partial charge is 0.322 e. The van der Waals surface area contributed by atoms with Crippen molar-refractivity contribution in [3.63, 3.8) is 0 Å². The molecule has 0 aromatic heterocycles. The van der Waals surface area contributed by atoms with E-state index in [0.717, 1.165) is 16.9 Å². The van der Waals surface area contributed by atoms with Gasteiger partial charge in [0.05, 0.1) is 7.11 Å². The number of carbonyl (C=O) groups is 2. The lowest BCUT2D eigenvalue weighted by Crippen LogP contribution is -2.50. The average molecular weight is 751 g/mol. The molecule has 2 atom stereocenters. The number of likely N-dealkylation sites (N-methyl/N-ethyl adjacent to an activating group) is 1. The van der Waals surface area contributed by atoms with Crippen LogP contribution in [0, 0.1) is 0 Å². The van der Waals surface area contributed by atoms with E-state index in [2.05, 4.69) is 16.0 Å². The Morgan fingerprint density at radius 2 is 1.33 bits per heavy atom. The first-order valence-corrected chi connectivity index (χ1v) is 15.9. The summed E-state index contributed by atoms with van der Waals surface area (Å²) in [5, 5.41) is 7.70. The van der Waals surface area contributed by atoms with E-state index in [4.69, 9.17) is 83.8 Å². The molecule has 246 valence electrons. The van der Waals surface area contributed by atoms with E-state index >= 15 is 0 Å². The molecule has 15 heteroatoms. The third kappa shape index (κ3) is 8.70. The summed E-state index contributed by atoms with van der Waals surface area (Å²) in [6.45, 7) is 4.02. The summed E-state index contributed by atoms with van der Waals surface area (Å²) in [6.07, 6.45) is -1.59. The molecule has 4 rings (SSSR count). The fourth-order valence-electron chi connectivity index (χ4n) is 4.77. The van der Waals surface area contributed by atoms with Gasteiger partial charge in [-0.2, -0.15) is 0 Å². The van der Waals surface area contributed by atoms with Crippen LogP contribution in [-0.2, 0) is 10.2 Å². The minimum absolute atomic E-state index is 0.00235. The summed E-state index contributed by atoms with van der Waals surface area (Å²) in [6, 6.07) is 19.9. The highest BCUT2D eigenvalue weighted by molar-refractivity contribution is 6.68. The molecule has 46 heavy (non-hydrogen) atoms. The predicted molar refractivity (Wildman–Crippen MR) is 185 cm³/mol. The number of amides is 3. The van der Waals surface area contributed by atoms with Gasteiger partial charge in [-0.05, 0) is 48.0 Å². The number of halogens is 6. The molecule has 0 fully saturated rings. The summed E-state index contributed by atoms with van der Waals surface area (Å²) in [4.78, 5) is 28.0. The van der Waals surface area contributed by atoms with Gasteiger partial charge in [0.1, 0.15) is 5.75 Å². The van der Waals surface area contributed by atoms with Gasteiger partial charge in [0, 0.05) is 35.6 Å². The fourth-order valence-corrected chi connectivity index (χ4v) is 5.36. The second-order valence-corrected chi connectivity index (χ2v) is 15.3. The van der Waals surface area contributed by atoms with Gasteiger partial charge >= 0.3 is 6.03 Å². The van der Waals surface area contributed by atoms with E-state index in [0.29, 0.717) is 11.4 Å². The maximum absolute atomic E-state index is 13.3. The van der Waals surface area contributed by atoms with Crippen molar-refractivity contribution in [1.29, 1.82) is 0 Å². The van der Waals surface area contributed by atoms with Crippen LogP contribution in [0.25, 0.3) is 0 Å². The third-order valence-corrected chi connectivity index (χ3v) is 8.21. The van der Waals surface area contributed by atoms with Crippen molar-refractivity contribution in [2.75, 3.05) is 24.4 Å². The van der Waals surface area contributed by atoms with Gasteiger partial charge in [0.25, 0.3) is 0 Å². The van der Waals surface area contributed by atoms with Crippen LogP contribution < -0.4 is 35.1 Å². The first-order valence-electron chi connectivity index (χ1n) is 13.6. The lowest BCUT2D eigenvalue weighted by Gasteiger charge is -2.30. The van der Waals surface area contributed by atoms with Crippen molar-refractivity contribution in [2.24, 2.45) is 0 Å². The van der Waals surface area contributed by atoms with Crippen molar-refractivity contribution >= 4 is 92.9 Å². The molecule has 1 aliphatic rings. The second kappa shape index (κ2) is 14.5. The number of hydrogen-bond acceptors (Lipinski definition) is 6. The molecule has 0 radical (unpaired) electrons. The topological polar surface area (TPSA) is 101 Å². The Hall–Kier alpha value is -2.92. The van der Waals surface area contributed by atoms with Gasteiger partial charge in [-0.15, -0.1) is 0 Å². The highest BCUT2D eigenvalue weighted by Gasteiger charge is 2.41. The molecule has 3 aromatic rings. The molecule has 1 heterocycles. The summed E-state index contributed by atoms with van der Waals surface area (Å²) in [7, 11) is 3.39. The van der Waals surface area contributed by atoms with Crippen LogP contribution in [0.4, 0.5) is 16.2 Å². The number of rotatable bonds is 9. The largest absolute Gasteiger partial charge is 0.497 e. The normalized spacial score (nSPS) is 16.2. The highest BCUT2D eigenvalue weighted by atomic mass is 35.6. The first kappa shape index (κ1) is 35.9. The molecular weight excluding hydrogens is 721 g/mol. The maximum Gasteiger partial charge on any atom is 0.322 e. The van der Waals surface area contributed by atoms with E-state index < -0.39 is 37.4 Å². The van der Waals surface area contributed by atoms with Crippen molar-refractivity contribution in [3.05, 3.63) is 90.1 Å². The Morgan fingerprint density at radius 1 is 0.804 bits per heavy atom. The lowest BCUT2D eigenvalue weighted by atomic mass is 9.84. The fraction of sp³-hybridized carbons (Fsp3) is 0.290. The van der Waals surface area contributed by atoms with Crippen molar-refractivity contribution in [2.45, 2.75) is 39.3 Å². The summed E-state index contributed by atoms with van der Waals surface area (Å²) >= 11 is 37.2. The Balaban J connectivity index is 1.51. The number of methoxy groups -OCH3 is 1. The first-order chi connectivity index (χ1) is 21.5. The zero-order chi connectivity index (χ0) is 33.9. The molecule has 0 spiro atoms. The second-order valence-electron chi connectivity index (χ2n) is 10.6. The van der Waals surface area contributed by atoms with Crippen LogP contribution in [0.2, 0.25) is 0 Å². The molecule has 3 N–H and O–H groups in total. The average Bonchev–Trinajstić information content (AvgIpc) is 3.17. The van der Waals surface area contributed by atoms with E-state index in [1.165, 1.54) is 25.3 Å². The minimum atomic E-state index is -2.14. The number of nitrogens with zero attached hydrogens (tertiary/aromatic N) is 1. The van der Waals surface area contributed by atoms with E-state index in [1.807, 2.05) is 50.1 Å². The Morgan fingerprint density at radius 3 is 1.85 bits per heavy atom. The molecule has 3 aromatic carbocycles. The third-order valence-electron chi connectivity index (χ3n) is 7.03. The number of nitrogens with one attached hydrogen (secondary N) is 3. The number of para-hydroxylation sites is 3. The van der Waals surface area contributed by atoms with Gasteiger partial charge in [-0.1, -0.05) is 114 Å². The molecular formula is C31H30Cl6N4O5. The number of allylic oxidation sites excluding steroid dienone is 1. The van der Waals surface area contributed by atoms with Crippen LogP contribution in [0.15, 0.2) is 84.6 Å². The van der Waals surface area contributed by atoms with Gasteiger partial charge in [-0.25, -0.2) is 4.79 Å². The van der Waals surface area contributed by atoms with E-state index in [1.54, 1.807) is 36.4 Å². The number of carbonyl (C=O) groups excluding carboxylic acids is 2. The number of alkyl halides is 6. The summed E-state index contributed by atoms with van der Waals surface area (Å²) in [5.41, 5.74) is 2.73. The van der Waals surface area contributed by atoms with Crippen LogP contribution in [0.5, 0.6) is 17.2 Å². The lowest BCUT2D eigenvalue weighted by molar-refractivity contribution is -0.119. The predicted octanol–water partition coefficient (Wildman–Crippen LogP) is 8.09. The molecule has 1 aliphatic heterocycles. The quantitative estimate of drug-likeness (QED) is 0.116. The molecule has 3 amide bonds. The highest BCUT2D eigenvalue weighted by Crippen LogP contribution is 2.46. The Labute approximate surface area is 296 Å². The molecule has 0 aliphatic carbocycles. The number of anilines is 2. The zero-order valence-electron chi connectivity index (χ0n) is 24.9. The minimum Gasteiger partial charge on any atom is -0.497 e. The molecule has 9 nitrogen and oxygen atoms in total. The van der Waals surface area contributed by atoms with E-state index in [-0.39, 0.29) is 11.5 Å². The summed E-state index contributed by atoms with van der Waals surface area (Å²) < 4.78 is 12.7. The number of hydrogen-bond donors (Lipinski definition) is 3. The van der Waals surface area contributed by atoms with Gasteiger partial charge in [0.2, 0.25) is 25.9 Å². The van der Waals surface area contributed by atoms with Gasteiger partial charge < -0.3 is 29.7 Å². The van der Waals surface area contributed by atoms with Crippen molar-refractivity contribution in [1.82, 2.24) is 10.6 Å². The SMILES string of the molecule is COc1ccc(NC(=O)N[C@H](Oc2ccccc2O[C@H](NC(=O)/C=C2\N(C)c3ccccc3C2(C)C)C(Cl)(Cl)Cl)C(Cl)(Cl)Cl)cc1. The molecule has 0 bridgehead atoms. The van der Waals surface area contributed by atoms with Crippen LogP contribution >= 0.6 is 69.6 Å². The molecule has 0 saturated heterocycles.